The first kappa shape index (κ1) is 9.18. The lowest BCUT2D eigenvalue weighted by Crippen LogP contribution is -2.20. The predicted octanol–water partition coefficient (Wildman–Crippen LogP) is 1.27. The second kappa shape index (κ2) is 3.40. The van der Waals surface area contributed by atoms with Crippen molar-refractivity contribution in [3.8, 4) is 0 Å². The molecule has 0 bridgehead atoms. The molecule has 14 heavy (non-hydrogen) atoms. The molecule has 1 unspecified atom stereocenters. The molecule has 0 spiro atoms. The summed E-state index contributed by atoms with van der Waals surface area (Å²) in [7, 11) is 0. The molecule has 0 amide bonds. The van der Waals surface area contributed by atoms with E-state index in [-0.39, 0.29) is 11.9 Å². The molecule has 3 nitrogen and oxygen atoms in total. The zero-order valence-corrected chi connectivity index (χ0v) is 7.63. The fourth-order valence-corrected chi connectivity index (χ4v) is 1.55. The summed E-state index contributed by atoms with van der Waals surface area (Å²) in [5.41, 5.74) is 13.0. The van der Waals surface area contributed by atoms with Crippen LogP contribution in [-0.4, -0.2) is 11.5 Å². The Hall–Kier alpha value is -1.39. The van der Waals surface area contributed by atoms with Gasteiger partial charge in [0.1, 0.15) is 5.82 Å². The Morgan fingerprint density at radius 3 is 2.93 bits per heavy atom. The molecule has 0 saturated carbocycles. The van der Waals surface area contributed by atoms with E-state index in [4.69, 9.17) is 11.5 Å². The quantitative estimate of drug-likeness (QED) is 0.672. The number of fused-ring (bicyclic) bond motifs is 1. The largest absolute Gasteiger partial charge is 0.361 e. The minimum absolute atomic E-state index is 0.245. The van der Waals surface area contributed by atoms with Crippen LogP contribution in [0.1, 0.15) is 11.6 Å². The van der Waals surface area contributed by atoms with Crippen LogP contribution >= 0.6 is 0 Å². The Bertz CT molecular complexity index is 450. The topological polar surface area (TPSA) is 67.8 Å². The van der Waals surface area contributed by atoms with Crippen LogP contribution in [0.3, 0.4) is 0 Å². The average molecular weight is 193 g/mol. The third-order valence-electron chi connectivity index (χ3n) is 2.33. The molecule has 2 aromatic rings. The lowest BCUT2D eigenvalue weighted by molar-refractivity contribution is 0.629. The standard InChI is InChI=1S/C10H12FN3/c11-6-1-2-10-7(3-6)8(5-14-10)9(13)4-12/h1-3,5,9,14H,4,12-13H2. The van der Waals surface area contributed by atoms with Gasteiger partial charge in [0.25, 0.3) is 0 Å². The molecular weight excluding hydrogens is 181 g/mol. The molecule has 1 aromatic carbocycles. The van der Waals surface area contributed by atoms with Crippen molar-refractivity contribution < 1.29 is 4.39 Å². The summed E-state index contributed by atoms with van der Waals surface area (Å²) in [5, 5.41) is 0.808. The maximum atomic E-state index is 13.0. The predicted molar refractivity (Wildman–Crippen MR) is 54.2 cm³/mol. The summed E-state index contributed by atoms with van der Waals surface area (Å²) in [6.45, 7) is 0.351. The zero-order valence-electron chi connectivity index (χ0n) is 7.63. The molecular formula is C10H12FN3. The number of benzene rings is 1. The molecule has 0 aliphatic heterocycles. The highest BCUT2D eigenvalue weighted by molar-refractivity contribution is 5.83. The first-order valence-electron chi connectivity index (χ1n) is 4.44. The highest BCUT2D eigenvalue weighted by Crippen LogP contribution is 2.23. The minimum atomic E-state index is -0.262. The maximum Gasteiger partial charge on any atom is 0.123 e. The van der Waals surface area contributed by atoms with E-state index < -0.39 is 0 Å². The fourth-order valence-electron chi connectivity index (χ4n) is 1.55. The molecule has 1 heterocycles. The summed E-state index contributed by atoms with van der Waals surface area (Å²) in [5.74, 6) is -0.262. The van der Waals surface area contributed by atoms with Crippen LogP contribution in [-0.2, 0) is 0 Å². The summed E-state index contributed by atoms with van der Waals surface area (Å²) >= 11 is 0. The third-order valence-corrected chi connectivity index (χ3v) is 2.33. The molecule has 0 aliphatic carbocycles. The summed E-state index contributed by atoms with van der Waals surface area (Å²) in [6.07, 6.45) is 1.78. The first-order chi connectivity index (χ1) is 6.72. The van der Waals surface area contributed by atoms with Crippen LogP contribution in [0, 0.1) is 5.82 Å². The van der Waals surface area contributed by atoms with Gasteiger partial charge in [-0.15, -0.1) is 0 Å². The molecule has 0 saturated heterocycles. The van der Waals surface area contributed by atoms with Crippen molar-refractivity contribution in [2.45, 2.75) is 6.04 Å². The smallest absolute Gasteiger partial charge is 0.123 e. The van der Waals surface area contributed by atoms with Gasteiger partial charge in [0.15, 0.2) is 0 Å². The molecule has 2 rings (SSSR count). The van der Waals surface area contributed by atoms with E-state index >= 15 is 0 Å². The number of halogens is 1. The normalized spacial score (nSPS) is 13.4. The van der Waals surface area contributed by atoms with E-state index in [0.717, 1.165) is 16.5 Å². The van der Waals surface area contributed by atoms with Crippen LogP contribution in [0.25, 0.3) is 10.9 Å². The summed E-state index contributed by atoms with van der Waals surface area (Å²) < 4.78 is 13.0. The van der Waals surface area contributed by atoms with E-state index in [1.165, 1.54) is 12.1 Å². The SMILES string of the molecule is NCC(N)c1c[nH]c2ccc(F)cc12. The minimum Gasteiger partial charge on any atom is -0.361 e. The number of nitrogens with two attached hydrogens (primary N) is 2. The van der Waals surface area contributed by atoms with Crippen LogP contribution in [0.4, 0.5) is 4.39 Å². The number of rotatable bonds is 2. The van der Waals surface area contributed by atoms with Crippen molar-refractivity contribution in [2.75, 3.05) is 6.54 Å². The molecule has 74 valence electrons. The second-order valence-electron chi connectivity index (χ2n) is 3.28. The van der Waals surface area contributed by atoms with Gasteiger partial charge in [0.05, 0.1) is 0 Å². The summed E-state index contributed by atoms with van der Waals surface area (Å²) in [4.78, 5) is 3.03. The van der Waals surface area contributed by atoms with E-state index in [2.05, 4.69) is 4.98 Å². The molecule has 0 aliphatic rings. The Kier molecular flexibility index (Phi) is 2.23. The van der Waals surface area contributed by atoms with Crippen LogP contribution in [0.5, 0.6) is 0 Å². The van der Waals surface area contributed by atoms with Gasteiger partial charge < -0.3 is 16.5 Å². The molecule has 5 N–H and O–H groups in total. The Morgan fingerprint density at radius 2 is 2.21 bits per heavy atom. The number of hydrogen-bond donors (Lipinski definition) is 3. The highest BCUT2D eigenvalue weighted by Gasteiger charge is 2.10. The van der Waals surface area contributed by atoms with Gasteiger partial charge in [-0.2, -0.15) is 0 Å². The van der Waals surface area contributed by atoms with Crippen LogP contribution in [0.2, 0.25) is 0 Å². The van der Waals surface area contributed by atoms with Crippen LogP contribution < -0.4 is 11.5 Å². The first-order valence-corrected chi connectivity index (χ1v) is 4.44. The van der Waals surface area contributed by atoms with Gasteiger partial charge in [0, 0.05) is 29.7 Å². The van der Waals surface area contributed by atoms with E-state index in [1.54, 1.807) is 12.3 Å². The lowest BCUT2D eigenvalue weighted by atomic mass is 10.1. The van der Waals surface area contributed by atoms with Crippen molar-refractivity contribution in [3.63, 3.8) is 0 Å². The van der Waals surface area contributed by atoms with Gasteiger partial charge in [-0.25, -0.2) is 4.39 Å². The van der Waals surface area contributed by atoms with Crippen LogP contribution in [0.15, 0.2) is 24.4 Å². The molecule has 4 heteroatoms. The summed E-state index contributed by atoms with van der Waals surface area (Å²) in [6, 6.07) is 4.33. The number of hydrogen-bond acceptors (Lipinski definition) is 2. The van der Waals surface area contributed by atoms with Crippen molar-refractivity contribution in [2.24, 2.45) is 11.5 Å². The Labute approximate surface area is 80.9 Å². The van der Waals surface area contributed by atoms with E-state index in [1.807, 2.05) is 0 Å². The van der Waals surface area contributed by atoms with Gasteiger partial charge >= 0.3 is 0 Å². The van der Waals surface area contributed by atoms with Gasteiger partial charge in [0.2, 0.25) is 0 Å². The maximum absolute atomic E-state index is 13.0. The molecule has 0 radical (unpaired) electrons. The van der Waals surface area contributed by atoms with Gasteiger partial charge in [-0.05, 0) is 23.8 Å². The second-order valence-corrected chi connectivity index (χ2v) is 3.28. The van der Waals surface area contributed by atoms with Crippen molar-refractivity contribution in [1.29, 1.82) is 0 Å². The number of nitrogens with one attached hydrogen (secondary N) is 1. The number of H-pyrrole nitrogens is 1. The molecule has 1 atom stereocenters. The molecule has 0 fully saturated rings. The fraction of sp³-hybridized carbons (Fsp3) is 0.200. The lowest BCUT2D eigenvalue weighted by Gasteiger charge is -2.06. The highest BCUT2D eigenvalue weighted by atomic mass is 19.1. The zero-order chi connectivity index (χ0) is 10.1. The number of aromatic nitrogens is 1. The number of aromatic amines is 1. The Balaban J connectivity index is 2.61. The monoisotopic (exact) mass is 193 g/mol. The van der Waals surface area contributed by atoms with Gasteiger partial charge in [-0.1, -0.05) is 0 Å². The van der Waals surface area contributed by atoms with E-state index in [0.29, 0.717) is 6.54 Å². The van der Waals surface area contributed by atoms with Crippen molar-refractivity contribution in [3.05, 3.63) is 35.8 Å². The Morgan fingerprint density at radius 1 is 1.43 bits per heavy atom. The van der Waals surface area contributed by atoms with Gasteiger partial charge in [-0.3, -0.25) is 0 Å². The van der Waals surface area contributed by atoms with Crippen molar-refractivity contribution >= 4 is 10.9 Å². The van der Waals surface area contributed by atoms with E-state index in [9.17, 15) is 4.39 Å². The molecule has 1 aromatic heterocycles. The third kappa shape index (κ3) is 1.38. The average Bonchev–Trinajstić information content (AvgIpc) is 2.59. The van der Waals surface area contributed by atoms with Crippen molar-refractivity contribution in [1.82, 2.24) is 4.98 Å².